The Kier molecular flexibility index (Phi) is 14.6. The van der Waals surface area contributed by atoms with Crippen LogP contribution in [0.1, 0.15) is 33.1 Å². The van der Waals surface area contributed by atoms with Crippen LogP contribution in [0.2, 0.25) is 0 Å². The van der Waals surface area contributed by atoms with E-state index in [1.165, 1.54) is 12.8 Å². The van der Waals surface area contributed by atoms with Crippen molar-refractivity contribution in [1.82, 2.24) is 0 Å². The van der Waals surface area contributed by atoms with Gasteiger partial charge < -0.3 is 9.84 Å². The summed E-state index contributed by atoms with van der Waals surface area (Å²) < 4.78 is 5.16. The highest BCUT2D eigenvalue weighted by Crippen LogP contribution is 1.88. The molecule has 84 valence electrons. The minimum absolute atomic E-state index is 0.284. The number of carboxylic acid groups (broad SMARTS) is 1. The van der Waals surface area contributed by atoms with Crippen molar-refractivity contribution in [3.63, 3.8) is 0 Å². The number of carbonyl (C=O) groups is 2. The smallest absolute Gasteiger partial charge is 0.317 e. The van der Waals surface area contributed by atoms with Crippen LogP contribution in [0.15, 0.2) is 0 Å². The van der Waals surface area contributed by atoms with E-state index in [4.69, 9.17) is 5.11 Å². The quantitative estimate of drug-likeness (QED) is 0.366. The van der Waals surface area contributed by atoms with Crippen LogP contribution in [-0.4, -0.2) is 28.1 Å². The number of rotatable bonds is 5. The average molecular weight is 316 g/mol. The summed E-state index contributed by atoms with van der Waals surface area (Å²) in [5.41, 5.74) is 0. The van der Waals surface area contributed by atoms with Crippen LogP contribution in [0.25, 0.3) is 0 Å². The molecule has 4 nitrogen and oxygen atoms in total. The van der Waals surface area contributed by atoms with Crippen molar-refractivity contribution >= 4 is 34.5 Å². The summed E-state index contributed by atoms with van der Waals surface area (Å²) in [4.78, 5) is 20.3. The van der Waals surface area contributed by atoms with Crippen LogP contribution in [0.4, 0.5) is 0 Å². The largest absolute Gasteiger partial charge is 0.481 e. The van der Waals surface area contributed by atoms with E-state index in [1.807, 2.05) is 22.6 Å². The van der Waals surface area contributed by atoms with E-state index in [0.29, 0.717) is 4.43 Å². The predicted molar refractivity (Wildman–Crippen MR) is 62.7 cm³/mol. The Hall–Kier alpha value is -0.330. The monoisotopic (exact) mass is 316 g/mol. The SMILES string of the molecule is CCCC.O=C(O)CC(=O)OCCI. The van der Waals surface area contributed by atoms with Crippen molar-refractivity contribution in [3.8, 4) is 0 Å². The second kappa shape index (κ2) is 12.7. The van der Waals surface area contributed by atoms with Gasteiger partial charge in [0.05, 0.1) is 0 Å². The molecule has 0 bridgehead atoms. The Morgan fingerprint density at radius 1 is 1.29 bits per heavy atom. The molecule has 14 heavy (non-hydrogen) atoms. The summed E-state index contributed by atoms with van der Waals surface area (Å²) >= 11 is 2.03. The summed E-state index contributed by atoms with van der Waals surface area (Å²) in [6.45, 7) is 4.65. The maximum absolute atomic E-state index is 10.4. The number of carbonyl (C=O) groups excluding carboxylic acids is 1. The number of hydrogen-bond acceptors (Lipinski definition) is 3. The van der Waals surface area contributed by atoms with Crippen LogP contribution < -0.4 is 0 Å². The van der Waals surface area contributed by atoms with E-state index >= 15 is 0 Å². The number of halogens is 1. The zero-order valence-electron chi connectivity index (χ0n) is 8.59. The van der Waals surface area contributed by atoms with Crippen molar-refractivity contribution in [2.45, 2.75) is 33.1 Å². The first-order valence-corrected chi connectivity index (χ1v) is 6.04. The van der Waals surface area contributed by atoms with Gasteiger partial charge in [0.15, 0.2) is 0 Å². The standard InChI is InChI=1S/C5H7IO4.C4H10/c6-1-2-10-5(9)3-4(7)8;1-3-4-2/h1-3H2,(H,7,8);3-4H2,1-2H3. The van der Waals surface area contributed by atoms with Crippen LogP contribution in [-0.2, 0) is 14.3 Å². The van der Waals surface area contributed by atoms with Gasteiger partial charge >= 0.3 is 11.9 Å². The summed E-state index contributed by atoms with van der Waals surface area (Å²) in [7, 11) is 0. The number of ether oxygens (including phenoxy) is 1. The topological polar surface area (TPSA) is 63.6 Å². The number of hydrogen-bond donors (Lipinski definition) is 1. The first-order valence-electron chi connectivity index (χ1n) is 4.51. The molecule has 0 aliphatic heterocycles. The molecule has 1 N–H and O–H groups in total. The van der Waals surface area contributed by atoms with Crippen LogP contribution >= 0.6 is 22.6 Å². The summed E-state index contributed by atoms with van der Waals surface area (Å²) in [6.07, 6.45) is 2.09. The van der Waals surface area contributed by atoms with Crippen molar-refractivity contribution in [2.75, 3.05) is 11.0 Å². The average Bonchev–Trinajstić information content (AvgIpc) is 2.14. The summed E-state index contributed by atoms with van der Waals surface area (Å²) in [5, 5.41) is 8.08. The van der Waals surface area contributed by atoms with Crippen molar-refractivity contribution in [3.05, 3.63) is 0 Å². The highest BCUT2D eigenvalue weighted by Gasteiger charge is 2.07. The van der Waals surface area contributed by atoms with Crippen LogP contribution in [0.5, 0.6) is 0 Å². The lowest BCUT2D eigenvalue weighted by atomic mass is 10.4. The molecule has 0 heterocycles. The predicted octanol–water partition coefficient (Wildman–Crippen LogP) is 2.25. The maximum atomic E-state index is 10.4. The third-order valence-electron chi connectivity index (χ3n) is 1.14. The molecular formula is C9H17IO4. The van der Waals surface area contributed by atoms with Crippen LogP contribution in [0, 0.1) is 0 Å². The lowest BCUT2D eigenvalue weighted by Gasteiger charge is -1.97. The molecule has 0 radical (unpaired) electrons. The van der Waals surface area contributed by atoms with E-state index < -0.39 is 18.4 Å². The van der Waals surface area contributed by atoms with Gasteiger partial charge in [0, 0.05) is 4.43 Å². The van der Waals surface area contributed by atoms with Gasteiger partial charge in [0.25, 0.3) is 0 Å². The van der Waals surface area contributed by atoms with Crippen molar-refractivity contribution < 1.29 is 19.4 Å². The number of esters is 1. The first-order chi connectivity index (χ1) is 6.58. The molecule has 0 aromatic heterocycles. The zero-order chi connectivity index (χ0) is 11.4. The molecule has 0 rings (SSSR count). The van der Waals surface area contributed by atoms with E-state index in [2.05, 4.69) is 18.6 Å². The third-order valence-corrected chi connectivity index (χ3v) is 1.58. The molecule has 0 atom stereocenters. The van der Waals surface area contributed by atoms with Gasteiger partial charge in [0.1, 0.15) is 13.0 Å². The van der Waals surface area contributed by atoms with Gasteiger partial charge in [0.2, 0.25) is 0 Å². The van der Waals surface area contributed by atoms with E-state index in [0.717, 1.165) is 0 Å². The fourth-order valence-corrected chi connectivity index (χ4v) is 0.547. The fraction of sp³-hybridized carbons (Fsp3) is 0.778. The molecule has 0 aromatic carbocycles. The van der Waals surface area contributed by atoms with Gasteiger partial charge in [-0.1, -0.05) is 49.3 Å². The second-order valence-corrected chi connectivity index (χ2v) is 3.56. The Labute approximate surface area is 98.2 Å². The minimum atomic E-state index is -1.15. The van der Waals surface area contributed by atoms with Gasteiger partial charge in [-0.3, -0.25) is 9.59 Å². The van der Waals surface area contributed by atoms with Gasteiger partial charge in [-0.25, -0.2) is 0 Å². The lowest BCUT2D eigenvalue weighted by molar-refractivity contribution is -0.150. The first kappa shape index (κ1) is 16.1. The number of alkyl halides is 1. The molecule has 0 aromatic rings. The Morgan fingerprint density at radius 3 is 2.07 bits per heavy atom. The molecular weight excluding hydrogens is 299 g/mol. The summed E-state index contributed by atoms with van der Waals surface area (Å²) in [5.74, 6) is -1.83. The molecule has 0 aliphatic carbocycles. The maximum Gasteiger partial charge on any atom is 0.317 e. The molecule has 0 fully saturated rings. The molecule has 0 saturated heterocycles. The molecule has 0 amide bonds. The van der Waals surface area contributed by atoms with Gasteiger partial charge in [-0.15, -0.1) is 0 Å². The number of carboxylic acids is 1. The molecule has 0 aliphatic rings. The van der Waals surface area contributed by atoms with E-state index in [9.17, 15) is 9.59 Å². The van der Waals surface area contributed by atoms with Crippen LogP contribution in [0.3, 0.4) is 0 Å². The molecule has 0 spiro atoms. The Bertz CT molecular complexity index is 157. The normalized spacial score (nSPS) is 8.50. The fourth-order valence-electron chi connectivity index (χ4n) is 0.327. The highest BCUT2D eigenvalue weighted by atomic mass is 127. The van der Waals surface area contributed by atoms with E-state index in [-0.39, 0.29) is 6.61 Å². The third kappa shape index (κ3) is 17.7. The Balaban J connectivity index is 0. The number of unbranched alkanes of at least 4 members (excludes halogenated alkanes) is 1. The summed E-state index contributed by atoms with van der Waals surface area (Å²) in [6, 6.07) is 0. The molecule has 0 saturated carbocycles. The minimum Gasteiger partial charge on any atom is -0.481 e. The van der Waals surface area contributed by atoms with Crippen molar-refractivity contribution in [1.29, 1.82) is 0 Å². The van der Waals surface area contributed by atoms with Crippen molar-refractivity contribution in [2.24, 2.45) is 0 Å². The molecule has 0 unspecified atom stereocenters. The Morgan fingerprint density at radius 2 is 1.79 bits per heavy atom. The van der Waals surface area contributed by atoms with E-state index in [1.54, 1.807) is 0 Å². The van der Waals surface area contributed by atoms with Gasteiger partial charge in [-0.05, 0) is 0 Å². The zero-order valence-corrected chi connectivity index (χ0v) is 10.7. The van der Waals surface area contributed by atoms with Gasteiger partial charge in [-0.2, -0.15) is 0 Å². The highest BCUT2D eigenvalue weighted by molar-refractivity contribution is 14.1. The lowest BCUT2D eigenvalue weighted by Crippen LogP contribution is -2.11. The molecule has 5 heteroatoms. The second-order valence-electron chi connectivity index (χ2n) is 2.48. The number of aliphatic carboxylic acids is 1.